The van der Waals surface area contributed by atoms with Gasteiger partial charge in [0.15, 0.2) is 0 Å². The Hall–Kier alpha value is -0.380. The lowest BCUT2D eigenvalue weighted by molar-refractivity contribution is -0.121. The van der Waals surface area contributed by atoms with Gasteiger partial charge in [0.25, 0.3) is 0 Å². The molecule has 0 aromatic heterocycles. The molecule has 0 aliphatic heterocycles. The van der Waals surface area contributed by atoms with Crippen molar-refractivity contribution in [1.82, 2.24) is 0 Å². The lowest BCUT2D eigenvalue weighted by Crippen LogP contribution is -2.17. The standard InChI is InChI=1S/C9H16O3S/c1-13(11,12)7-6-8-2-4-9(10)5-3-8/h8H,2-7H2,1H3. The third-order valence-electron chi connectivity index (χ3n) is 2.56. The minimum absolute atomic E-state index is 0.270. The molecule has 1 saturated carbocycles. The average Bonchev–Trinajstić information content (AvgIpc) is 2.02. The minimum atomic E-state index is -2.82. The molecule has 1 rings (SSSR count). The SMILES string of the molecule is CS(=O)(=O)CCC1CCC(=O)CC1. The quantitative estimate of drug-likeness (QED) is 0.693. The second-order valence-electron chi connectivity index (χ2n) is 3.90. The van der Waals surface area contributed by atoms with E-state index in [0.29, 0.717) is 24.5 Å². The number of ketones is 1. The number of carbonyl (C=O) groups excluding carboxylic acids is 1. The van der Waals surface area contributed by atoms with Gasteiger partial charge in [-0.3, -0.25) is 4.79 Å². The fourth-order valence-electron chi connectivity index (χ4n) is 1.67. The summed E-state index contributed by atoms with van der Waals surface area (Å²) in [4.78, 5) is 10.9. The van der Waals surface area contributed by atoms with Crippen molar-refractivity contribution in [2.45, 2.75) is 32.1 Å². The van der Waals surface area contributed by atoms with Crippen LogP contribution in [0.3, 0.4) is 0 Å². The van der Waals surface area contributed by atoms with Gasteiger partial charge in [-0.25, -0.2) is 8.42 Å². The van der Waals surface area contributed by atoms with Crippen LogP contribution in [0.1, 0.15) is 32.1 Å². The van der Waals surface area contributed by atoms with Crippen molar-refractivity contribution in [2.75, 3.05) is 12.0 Å². The number of hydrogen-bond donors (Lipinski definition) is 0. The molecule has 0 atom stereocenters. The van der Waals surface area contributed by atoms with Crippen LogP contribution < -0.4 is 0 Å². The predicted molar refractivity (Wildman–Crippen MR) is 51.3 cm³/mol. The fourth-order valence-corrected chi connectivity index (χ4v) is 2.43. The lowest BCUT2D eigenvalue weighted by Gasteiger charge is -2.19. The molecular weight excluding hydrogens is 188 g/mol. The van der Waals surface area contributed by atoms with Crippen LogP contribution in [0.5, 0.6) is 0 Å². The summed E-state index contributed by atoms with van der Waals surface area (Å²) in [5.41, 5.74) is 0. The molecule has 0 N–H and O–H groups in total. The van der Waals surface area contributed by atoms with E-state index in [0.717, 1.165) is 19.3 Å². The van der Waals surface area contributed by atoms with Crippen molar-refractivity contribution < 1.29 is 13.2 Å². The molecule has 4 heteroatoms. The second kappa shape index (κ2) is 4.22. The number of sulfone groups is 1. The summed E-state index contributed by atoms with van der Waals surface area (Å²) in [5, 5.41) is 0. The molecule has 0 amide bonds. The van der Waals surface area contributed by atoms with Gasteiger partial charge in [-0.1, -0.05) is 0 Å². The molecule has 1 fully saturated rings. The molecule has 0 bridgehead atoms. The highest BCUT2D eigenvalue weighted by Crippen LogP contribution is 2.24. The van der Waals surface area contributed by atoms with E-state index in [2.05, 4.69) is 0 Å². The zero-order valence-corrected chi connectivity index (χ0v) is 8.77. The van der Waals surface area contributed by atoms with Crippen LogP contribution in [0.25, 0.3) is 0 Å². The molecule has 0 unspecified atom stereocenters. The van der Waals surface area contributed by atoms with E-state index in [1.54, 1.807) is 0 Å². The van der Waals surface area contributed by atoms with Crippen molar-refractivity contribution in [3.63, 3.8) is 0 Å². The predicted octanol–water partition coefficient (Wildman–Crippen LogP) is 1.18. The van der Waals surface area contributed by atoms with Crippen LogP contribution in [0.2, 0.25) is 0 Å². The Morgan fingerprint density at radius 1 is 1.31 bits per heavy atom. The minimum Gasteiger partial charge on any atom is -0.300 e. The normalized spacial score (nSPS) is 20.5. The van der Waals surface area contributed by atoms with Crippen molar-refractivity contribution in [3.05, 3.63) is 0 Å². The molecule has 0 saturated heterocycles. The smallest absolute Gasteiger partial charge is 0.147 e. The fraction of sp³-hybridized carbons (Fsp3) is 0.889. The molecule has 0 spiro atoms. The highest BCUT2D eigenvalue weighted by molar-refractivity contribution is 7.90. The Bertz CT molecular complexity index is 269. The molecule has 0 aromatic rings. The van der Waals surface area contributed by atoms with Crippen LogP contribution >= 0.6 is 0 Å². The Labute approximate surface area is 79.4 Å². The van der Waals surface area contributed by atoms with Gasteiger partial charge in [0.1, 0.15) is 15.6 Å². The highest BCUT2D eigenvalue weighted by atomic mass is 32.2. The Kier molecular flexibility index (Phi) is 3.47. The molecule has 13 heavy (non-hydrogen) atoms. The first-order valence-electron chi connectivity index (χ1n) is 4.67. The summed E-state index contributed by atoms with van der Waals surface area (Å²) >= 11 is 0. The summed E-state index contributed by atoms with van der Waals surface area (Å²) in [6, 6.07) is 0. The zero-order chi connectivity index (χ0) is 9.90. The van der Waals surface area contributed by atoms with Gasteiger partial charge in [-0.15, -0.1) is 0 Å². The van der Waals surface area contributed by atoms with E-state index in [9.17, 15) is 13.2 Å². The topological polar surface area (TPSA) is 51.2 Å². The van der Waals surface area contributed by atoms with Gasteiger partial charge < -0.3 is 0 Å². The van der Waals surface area contributed by atoms with Gasteiger partial charge in [0, 0.05) is 19.1 Å². The third-order valence-corrected chi connectivity index (χ3v) is 3.54. The molecule has 76 valence electrons. The van der Waals surface area contributed by atoms with E-state index in [-0.39, 0.29) is 5.75 Å². The van der Waals surface area contributed by atoms with Gasteiger partial charge in [0.2, 0.25) is 0 Å². The van der Waals surface area contributed by atoms with E-state index in [1.165, 1.54) is 6.26 Å². The summed E-state index contributed by atoms with van der Waals surface area (Å²) < 4.78 is 21.7. The summed E-state index contributed by atoms with van der Waals surface area (Å²) in [7, 11) is -2.82. The van der Waals surface area contributed by atoms with Gasteiger partial charge >= 0.3 is 0 Å². The average molecular weight is 204 g/mol. The van der Waals surface area contributed by atoms with Crippen molar-refractivity contribution in [3.8, 4) is 0 Å². The van der Waals surface area contributed by atoms with E-state index in [1.807, 2.05) is 0 Å². The monoisotopic (exact) mass is 204 g/mol. The van der Waals surface area contributed by atoms with Crippen LogP contribution in [0.4, 0.5) is 0 Å². The van der Waals surface area contributed by atoms with Crippen LogP contribution in [0.15, 0.2) is 0 Å². The Balaban J connectivity index is 2.27. The lowest BCUT2D eigenvalue weighted by atomic mass is 9.87. The summed E-state index contributed by atoms with van der Waals surface area (Å²) in [6.07, 6.45) is 5.05. The second-order valence-corrected chi connectivity index (χ2v) is 6.16. The van der Waals surface area contributed by atoms with Crippen LogP contribution in [0, 0.1) is 5.92 Å². The van der Waals surface area contributed by atoms with Gasteiger partial charge in [0.05, 0.1) is 5.75 Å². The maximum atomic E-state index is 10.9. The van der Waals surface area contributed by atoms with Crippen LogP contribution in [-0.2, 0) is 14.6 Å². The zero-order valence-electron chi connectivity index (χ0n) is 7.95. The highest BCUT2D eigenvalue weighted by Gasteiger charge is 2.19. The Morgan fingerprint density at radius 3 is 2.31 bits per heavy atom. The molecule has 3 nitrogen and oxygen atoms in total. The van der Waals surface area contributed by atoms with E-state index >= 15 is 0 Å². The third kappa shape index (κ3) is 4.41. The molecule has 0 radical (unpaired) electrons. The van der Waals surface area contributed by atoms with Crippen molar-refractivity contribution in [2.24, 2.45) is 5.92 Å². The largest absolute Gasteiger partial charge is 0.300 e. The van der Waals surface area contributed by atoms with Crippen molar-refractivity contribution in [1.29, 1.82) is 0 Å². The first-order valence-corrected chi connectivity index (χ1v) is 6.73. The first-order chi connectivity index (χ1) is 5.97. The van der Waals surface area contributed by atoms with Crippen LogP contribution in [-0.4, -0.2) is 26.2 Å². The number of rotatable bonds is 3. The summed E-state index contributed by atoms with van der Waals surface area (Å²) in [6.45, 7) is 0. The number of carbonyl (C=O) groups is 1. The Morgan fingerprint density at radius 2 is 1.85 bits per heavy atom. The molecule has 1 aliphatic carbocycles. The number of Topliss-reactive ketones (excluding diaryl/α,β-unsaturated/α-hetero) is 1. The molecule has 1 aliphatic rings. The molecule has 0 heterocycles. The van der Waals surface area contributed by atoms with Gasteiger partial charge in [-0.05, 0) is 25.2 Å². The summed E-state index contributed by atoms with van der Waals surface area (Å²) in [5.74, 6) is 1.05. The number of hydrogen-bond acceptors (Lipinski definition) is 3. The van der Waals surface area contributed by atoms with E-state index < -0.39 is 9.84 Å². The molecular formula is C9H16O3S. The maximum Gasteiger partial charge on any atom is 0.147 e. The first kappa shape index (κ1) is 10.7. The van der Waals surface area contributed by atoms with E-state index in [4.69, 9.17) is 0 Å². The maximum absolute atomic E-state index is 10.9. The molecule has 0 aromatic carbocycles. The van der Waals surface area contributed by atoms with Crippen molar-refractivity contribution >= 4 is 15.6 Å². The van der Waals surface area contributed by atoms with Gasteiger partial charge in [-0.2, -0.15) is 0 Å².